The summed E-state index contributed by atoms with van der Waals surface area (Å²) < 4.78 is 0. The molecule has 0 spiro atoms. The highest BCUT2D eigenvalue weighted by Crippen LogP contribution is 2.38. The Bertz CT molecular complexity index is 1050. The molecule has 156 valence electrons. The predicted octanol–water partition coefficient (Wildman–Crippen LogP) is 3.76. The van der Waals surface area contributed by atoms with Crippen LogP contribution >= 0.6 is 0 Å². The number of hydrogen-bond donors (Lipinski definition) is 1. The van der Waals surface area contributed by atoms with Crippen LogP contribution in [-0.4, -0.2) is 58.3 Å². The molecule has 0 saturated carbocycles. The maximum Gasteiger partial charge on any atom is 0.273 e. The number of piperazine rings is 1. The SMILES string of the molecule is CCN1CCN(C(=O)C[C@H](c2ccccc2[N+](=O)[O-])c2c[nH]c3ccccc23)CC1. The molecule has 4 rings (SSSR count). The van der Waals surface area contributed by atoms with Crippen molar-refractivity contribution < 1.29 is 9.72 Å². The van der Waals surface area contributed by atoms with Gasteiger partial charge in [-0.3, -0.25) is 14.9 Å². The number of nitro benzene ring substituents is 1. The molecule has 1 aliphatic rings. The van der Waals surface area contributed by atoms with E-state index in [1.165, 1.54) is 6.07 Å². The molecule has 1 aromatic heterocycles. The van der Waals surface area contributed by atoms with E-state index >= 15 is 0 Å². The van der Waals surface area contributed by atoms with E-state index in [0.29, 0.717) is 18.7 Å². The average molecular weight is 406 g/mol. The zero-order valence-electron chi connectivity index (χ0n) is 17.1. The van der Waals surface area contributed by atoms with Gasteiger partial charge in [-0.2, -0.15) is 0 Å². The fourth-order valence-corrected chi connectivity index (χ4v) is 4.34. The Balaban J connectivity index is 1.70. The number of nitrogens with zero attached hydrogens (tertiary/aromatic N) is 3. The molecule has 1 aliphatic heterocycles. The molecule has 2 aromatic carbocycles. The molecule has 1 atom stereocenters. The summed E-state index contributed by atoms with van der Waals surface area (Å²) in [6, 6.07) is 14.6. The molecule has 1 N–H and O–H groups in total. The summed E-state index contributed by atoms with van der Waals surface area (Å²) in [5, 5.41) is 12.7. The van der Waals surface area contributed by atoms with Crippen molar-refractivity contribution in [2.24, 2.45) is 0 Å². The molecular weight excluding hydrogens is 380 g/mol. The van der Waals surface area contributed by atoms with Crippen molar-refractivity contribution in [2.45, 2.75) is 19.3 Å². The Morgan fingerprint density at radius 1 is 1.07 bits per heavy atom. The van der Waals surface area contributed by atoms with Gasteiger partial charge in [0.15, 0.2) is 0 Å². The van der Waals surface area contributed by atoms with Crippen LogP contribution in [0, 0.1) is 10.1 Å². The number of amides is 1. The number of carbonyl (C=O) groups excluding carboxylic acids is 1. The minimum atomic E-state index is -0.389. The molecule has 0 radical (unpaired) electrons. The third kappa shape index (κ3) is 3.93. The van der Waals surface area contributed by atoms with Gasteiger partial charge in [0.2, 0.25) is 5.91 Å². The lowest BCUT2D eigenvalue weighted by atomic mass is 9.86. The van der Waals surface area contributed by atoms with Crippen LogP contribution in [0.2, 0.25) is 0 Å². The monoisotopic (exact) mass is 406 g/mol. The first kappa shape index (κ1) is 20.1. The summed E-state index contributed by atoms with van der Waals surface area (Å²) in [6.07, 6.45) is 2.09. The molecule has 0 unspecified atom stereocenters. The maximum absolute atomic E-state index is 13.2. The van der Waals surface area contributed by atoms with Crippen molar-refractivity contribution in [3.8, 4) is 0 Å². The lowest BCUT2D eigenvalue weighted by molar-refractivity contribution is -0.385. The fourth-order valence-electron chi connectivity index (χ4n) is 4.34. The van der Waals surface area contributed by atoms with Crippen LogP contribution in [0.4, 0.5) is 5.69 Å². The van der Waals surface area contributed by atoms with Gasteiger partial charge < -0.3 is 14.8 Å². The van der Waals surface area contributed by atoms with Gasteiger partial charge >= 0.3 is 0 Å². The van der Waals surface area contributed by atoms with E-state index < -0.39 is 0 Å². The first-order valence-corrected chi connectivity index (χ1v) is 10.4. The minimum Gasteiger partial charge on any atom is -0.361 e. The van der Waals surface area contributed by atoms with Gasteiger partial charge in [-0.1, -0.05) is 43.3 Å². The number of rotatable bonds is 6. The molecular formula is C23H26N4O3. The molecule has 1 saturated heterocycles. The highest BCUT2D eigenvalue weighted by Gasteiger charge is 2.30. The topological polar surface area (TPSA) is 82.5 Å². The molecule has 7 nitrogen and oxygen atoms in total. The first-order valence-electron chi connectivity index (χ1n) is 10.4. The Labute approximate surface area is 175 Å². The Morgan fingerprint density at radius 3 is 2.50 bits per heavy atom. The molecule has 0 aliphatic carbocycles. The van der Waals surface area contributed by atoms with Crippen molar-refractivity contribution in [1.82, 2.24) is 14.8 Å². The lowest BCUT2D eigenvalue weighted by Crippen LogP contribution is -2.48. The lowest BCUT2D eigenvalue weighted by Gasteiger charge is -2.34. The van der Waals surface area contributed by atoms with Gasteiger partial charge in [0.25, 0.3) is 5.69 Å². The van der Waals surface area contributed by atoms with Crippen molar-refractivity contribution in [3.63, 3.8) is 0 Å². The zero-order chi connectivity index (χ0) is 21.1. The summed E-state index contributed by atoms with van der Waals surface area (Å²) in [6.45, 7) is 6.24. The zero-order valence-corrected chi connectivity index (χ0v) is 17.1. The van der Waals surface area contributed by atoms with Crippen LogP contribution in [0.25, 0.3) is 10.9 Å². The van der Waals surface area contributed by atoms with E-state index in [1.54, 1.807) is 18.2 Å². The third-order valence-electron chi connectivity index (χ3n) is 6.06. The van der Waals surface area contributed by atoms with Crippen LogP contribution in [-0.2, 0) is 4.79 Å². The number of carbonyl (C=O) groups is 1. The summed E-state index contributed by atoms with van der Waals surface area (Å²) in [7, 11) is 0. The quantitative estimate of drug-likeness (QED) is 0.499. The molecule has 1 fully saturated rings. The smallest absolute Gasteiger partial charge is 0.273 e. The maximum atomic E-state index is 13.2. The van der Waals surface area contributed by atoms with Crippen molar-refractivity contribution in [1.29, 1.82) is 0 Å². The molecule has 7 heteroatoms. The van der Waals surface area contributed by atoms with Crippen LogP contribution in [0.3, 0.4) is 0 Å². The van der Waals surface area contributed by atoms with Crippen LogP contribution in [0.1, 0.15) is 30.4 Å². The van der Waals surface area contributed by atoms with E-state index in [9.17, 15) is 14.9 Å². The van der Waals surface area contributed by atoms with Crippen LogP contribution in [0.5, 0.6) is 0 Å². The van der Waals surface area contributed by atoms with E-state index in [2.05, 4.69) is 16.8 Å². The minimum absolute atomic E-state index is 0.0409. The normalized spacial score (nSPS) is 16.0. The highest BCUT2D eigenvalue weighted by atomic mass is 16.6. The van der Waals surface area contributed by atoms with Gasteiger partial charge in [-0.25, -0.2) is 0 Å². The molecule has 1 amide bonds. The van der Waals surface area contributed by atoms with Gasteiger partial charge in [-0.15, -0.1) is 0 Å². The Kier molecular flexibility index (Phi) is 5.81. The first-order chi connectivity index (χ1) is 14.6. The number of hydrogen-bond acceptors (Lipinski definition) is 4. The number of nitro groups is 1. The number of likely N-dealkylation sites (N-methyl/N-ethyl adjacent to an activating group) is 1. The van der Waals surface area contributed by atoms with E-state index in [0.717, 1.165) is 36.1 Å². The standard InChI is InChI=1S/C23H26N4O3/c1-2-25-11-13-26(14-12-25)23(28)15-19(18-8-4-6-10-22(18)27(29)30)20-16-24-21-9-5-3-7-17(20)21/h3-10,16,19,24H,2,11-15H2,1H3/t19-/m1/s1. The second-order valence-corrected chi connectivity index (χ2v) is 7.68. The second kappa shape index (κ2) is 8.67. The van der Waals surface area contributed by atoms with Gasteiger partial charge in [0.1, 0.15) is 0 Å². The van der Waals surface area contributed by atoms with Gasteiger partial charge in [0, 0.05) is 67.2 Å². The number of benzene rings is 2. The third-order valence-corrected chi connectivity index (χ3v) is 6.06. The van der Waals surface area contributed by atoms with Crippen molar-refractivity contribution in [3.05, 3.63) is 76.0 Å². The summed E-state index contributed by atoms with van der Waals surface area (Å²) >= 11 is 0. The Hall–Kier alpha value is -3.19. The summed E-state index contributed by atoms with van der Waals surface area (Å²) in [5.41, 5.74) is 2.50. The number of aromatic amines is 1. The average Bonchev–Trinajstić information content (AvgIpc) is 3.21. The van der Waals surface area contributed by atoms with Gasteiger partial charge in [-0.05, 0) is 18.2 Å². The van der Waals surface area contributed by atoms with Crippen molar-refractivity contribution in [2.75, 3.05) is 32.7 Å². The van der Waals surface area contributed by atoms with E-state index in [4.69, 9.17) is 0 Å². The number of H-pyrrole nitrogens is 1. The van der Waals surface area contributed by atoms with Crippen LogP contribution < -0.4 is 0 Å². The van der Waals surface area contributed by atoms with Gasteiger partial charge in [0.05, 0.1) is 4.92 Å². The summed E-state index contributed by atoms with van der Waals surface area (Å²) in [4.78, 5) is 32.0. The molecule has 0 bridgehead atoms. The second-order valence-electron chi connectivity index (χ2n) is 7.68. The number of fused-ring (bicyclic) bond motifs is 1. The van der Waals surface area contributed by atoms with E-state index in [-0.39, 0.29) is 28.9 Å². The molecule has 2 heterocycles. The van der Waals surface area contributed by atoms with Crippen LogP contribution in [0.15, 0.2) is 54.7 Å². The van der Waals surface area contributed by atoms with E-state index in [1.807, 2.05) is 35.4 Å². The van der Waals surface area contributed by atoms with Crippen molar-refractivity contribution >= 4 is 22.5 Å². The predicted molar refractivity (Wildman–Crippen MR) is 117 cm³/mol. The Morgan fingerprint density at radius 2 is 1.77 bits per heavy atom. The molecule has 3 aromatic rings. The number of para-hydroxylation sites is 2. The largest absolute Gasteiger partial charge is 0.361 e. The summed E-state index contributed by atoms with van der Waals surface area (Å²) in [5.74, 6) is -0.348. The highest BCUT2D eigenvalue weighted by molar-refractivity contribution is 5.86. The molecule has 30 heavy (non-hydrogen) atoms. The fraction of sp³-hybridized carbons (Fsp3) is 0.348. The number of aromatic nitrogens is 1. The number of nitrogens with one attached hydrogen (secondary N) is 1.